The summed E-state index contributed by atoms with van der Waals surface area (Å²) < 4.78 is 2.03. The van der Waals surface area contributed by atoms with E-state index in [2.05, 4.69) is 48.3 Å². The van der Waals surface area contributed by atoms with Gasteiger partial charge in [0.2, 0.25) is 0 Å². The van der Waals surface area contributed by atoms with Gasteiger partial charge in [0.25, 0.3) is 0 Å². The average molecular weight is 258 g/mol. The summed E-state index contributed by atoms with van der Waals surface area (Å²) >= 11 is 0. The summed E-state index contributed by atoms with van der Waals surface area (Å²) in [6.45, 7) is 8.23. The molecule has 1 atom stereocenters. The quantitative estimate of drug-likeness (QED) is 0.866. The standard InChI is InChI=1S/C15H22N4/c1-4-9-16-15(13-8-11-18-19(13)5-2)14-12(3)7-6-10-17-14/h6-8,10-11,15-16H,4-5,9H2,1-3H3. The summed E-state index contributed by atoms with van der Waals surface area (Å²) in [6, 6.07) is 6.27. The van der Waals surface area contributed by atoms with Crippen molar-refractivity contribution in [3.63, 3.8) is 0 Å². The summed E-state index contributed by atoms with van der Waals surface area (Å²) in [7, 11) is 0. The van der Waals surface area contributed by atoms with E-state index in [1.54, 1.807) is 0 Å². The molecule has 0 amide bonds. The first-order chi connectivity index (χ1) is 9.27. The van der Waals surface area contributed by atoms with Crippen molar-refractivity contribution in [3.05, 3.63) is 47.5 Å². The molecule has 4 heteroatoms. The Labute approximate surface area is 114 Å². The van der Waals surface area contributed by atoms with Crippen LogP contribution in [0.4, 0.5) is 0 Å². The van der Waals surface area contributed by atoms with Crippen LogP contribution in [0.15, 0.2) is 30.6 Å². The van der Waals surface area contributed by atoms with Gasteiger partial charge in [0.05, 0.1) is 17.4 Å². The lowest BCUT2D eigenvalue weighted by Crippen LogP contribution is -2.27. The third-order valence-electron chi connectivity index (χ3n) is 3.27. The van der Waals surface area contributed by atoms with Crippen LogP contribution in [-0.2, 0) is 6.54 Å². The van der Waals surface area contributed by atoms with E-state index in [9.17, 15) is 0 Å². The fourth-order valence-electron chi connectivity index (χ4n) is 2.28. The van der Waals surface area contributed by atoms with Gasteiger partial charge < -0.3 is 5.32 Å². The number of aryl methyl sites for hydroxylation is 2. The molecule has 0 fully saturated rings. The van der Waals surface area contributed by atoms with E-state index in [1.807, 2.05) is 23.1 Å². The molecule has 0 bridgehead atoms. The SMILES string of the molecule is CCCNC(c1ncccc1C)c1ccnn1CC. The maximum Gasteiger partial charge on any atom is 0.0924 e. The number of nitrogens with one attached hydrogen (secondary N) is 1. The van der Waals surface area contributed by atoms with Gasteiger partial charge in [-0.05, 0) is 44.5 Å². The zero-order chi connectivity index (χ0) is 13.7. The average Bonchev–Trinajstić information content (AvgIpc) is 2.89. The Kier molecular flexibility index (Phi) is 4.68. The van der Waals surface area contributed by atoms with Crippen LogP contribution in [0.2, 0.25) is 0 Å². The lowest BCUT2D eigenvalue weighted by Gasteiger charge is -2.20. The second-order valence-electron chi connectivity index (χ2n) is 4.66. The topological polar surface area (TPSA) is 42.7 Å². The molecule has 2 aromatic heterocycles. The Morgan fingerprint density at radius 3 is 2.79 bits per heavy atom. The van der Waals surface area contributed by atoms with Crippen molar-refractivity contribution in [1.29, 1.82) is 0 Å². The maximum absolute atomic E-state index is 4.56. The van der Waals surface area contributed by atoms with E-state index in [0.29, 0.717) is 0 Å². The molecule has 0 radical (unpaired) electrons. The van der Waals surface area contributed by atoms with Crippen LogP contribution >= 0.6 is 0 Å². The van der Waals surface area contributed by atoms with Crippen molar-refractivity contribution in [2.24, 2.45) is 0 Å². The molecule has 2 rings (SSSR count). The largest absolute Gasteiger partial charge is 0.304 e. The van der Waals surface area contributed by atoms with Crippen molar-refractivity contribution in [3.8, 4) is 0 Å². The van der Waals surface area contributed by atoms with Gasteiger partial charge in [-0.3, -0.25) is 9.67 Å². The molecular formula is C15H22N4. The smallest absolute Gasteiger partial charge is 0.0924 e. The van der Waals surface area contributed by atoms with Gasteiger partial charge in [0.1, 0.15) is 0 Å². The highest BCUT2D eigenvalue weighted by Crippen LogP contribution is 2.22. The van der Waals surface area contributed by atoms with Gasteiger partial charge in [-0.15, -0.1) is 0 Å². The van der Waals surface area contributed by atoms with E-state index in [-0.39, 0.29) is 6.04 Å². The molecule has 0 saturated carbocycles. The molecular weight excluding hydrogens is 236 g/mol. The summed E-state index contributed by atoms with van der Waals surface area (Å²) in [4.78, 5) is 4.56. The van der Waals surface area contributed by atoms with Gasteiger partial charge in [-0.25, -0.2) is 0 Å². The summed E-state index contributed by atoms with van der Waals surface area (Å²) in [6.07, 6.45) is 4.82. The second kappa shape index (κ2) is 6.48. The van der Waals surface area contributed by atoms with Gasteiger partial charge in [-0.1, -0.05) is 13.0 Å². The molecule has 0 aliphatic rings. The van der Waals surface area contributed by atoms with E-state index in [1.165, 1.54) is 11.3 Å². The molecule has 102 valence electrons. The molecule has 0 aliphatic heterocycles. The van der Waals surface area contributed by atoms with Crippen LogP contribution < -0.4 is 5.32 Å². The van der Waals surface area contributed by atoms with E-state index in [0.717, 1.165) is 25.2 Å². The first kappa shape index (κ1) is 13.7. The van der Waals surface area contributed by atoms with Crippen molar-refractivity contribution >= 4 is 0 Å². The van der Waals surface area contributed by atoms with Crippen LogP contribution in [-0.4, -0.2) is 21.3 Å². The third-order valence-corrected chi connectivity index (χ3v) is 3.27. The second-order valence-corrected chi connectivity index (χ2v) is 4.66. The molecule has 0 aromatic carbocycles. The van der Waals surface area contributed by atoms with E-state index >= 15 is 0 Å². The van der Waals surface area contributed by atoms with Crippen LogP contribution in [0.3, 0.4) is 0 Å². The van der Waals surface area contributed by atoms with Crippen LogP contribution in [0.5, 0.6) is 0 Å². The van der Waals surface area contributed by atoms with Crippen molar-refractivity contribution in [2.45, 2.75) is 39.8 Å². The Morgan fingerprint density at radius 1 is 1.26 bits per heavy atom. The van der Waals surface area contributed by atoms with Crippen LogP contribution in [0.25, 0.3) is 0 Å². The first-order valence-corrected chi connectivity index (χ1v) is 6.94. The highest BCUT2D eigenvalue weighted by Gasteiger charge is 2.20. The molecule has 4 nitrogen and oxygen atoms in total. The predicted octanol–water partition coefficient (Wildman–Crippen LogP) is 2.70. The van der Waals surface area contributed by atoms with Gasteiger partial charge in [-0.2, -0.15) is 5.10 Å². The first-order valence-electron chi connectivity index (χ1n) is 6.94. The molecule has 2 aromatic rings. The highest BCUT2D eigenvalue weighted by atomic mass is 15.3. The van der Waals surface area contributed by atoms with Crippen LogP contribution in [0.1, 0.15) is 43.3 Å². The summed E-state index contributed by atoms with van der Waals surface area (Å²) in [5.74, 6) is 0. The number of aromatic nitrogens is 3. The molecule has 2 heterocycles. The monoisotopic (exact) mass is 258 g/mol. The Bertz CT molecular complexity index is 518. The van der Waals surface area contributed by atoms with Crippen molar-refractivity contribution in [1.82, 2.24) is 20.1 Å². The Hall–Kier alpha value is -1.68. The van der Waals surface area contributed by atoms with Crippen LogP contribution in [0, 0.1) is 6.92 Å². The fraction of sp³-hybridized carbons (Fsp3) is 0.467. The molecule has 0 spiro atoms. The highest BCUT2D eigenvalue weighted by molar-refractivity contribution is 5.28. The van der Waals surface area contributed by atoms with Crippen molar-refractivity contribution in [2.75, 3.05) is 6.54 Å². The molecule has 19 heavy (non-hydrogen) atoms. The number of hydrogen-bond acceptors (Lipinski definition) is 3. The third kappa shape index (κ3) is 3.01. The van der Waals surface area contributed by atoms with Crippen molar-refractivity contribution < 1.29 is 0 Å². The van der Waals surface area contributed by atoms with E-state index in [4.69, 9.17) is 0 Å². The normalized spacial score (nSPS) is 12.6. The zero-order valence-corrected chi connectivity index (χ0v) is 11.9. The lowest BCUT2D eigenvalue weighted by atomic mass is 10.0. The number of rotatable bonds is 6. The number of pyridine rings is 1. The van der Waals surface area contributed by atoms with Gasteiger partial charge in [0.15, 0.2) is 0 Å². The Balaban J connectivity index is 2.39. The molecule has 0 saturated heterocycles. The zero-order valence-electron chi connectivity index (χ0n) is 11.9. The number of hydrogen-bond donors (Lipinski definition) is 1. The predicted molar refractivity (Wildman–Crippen MR) is 77.0 cm³/mol. The fourth-order valence-corrected chi connectivity index (χ4v) is 2.28. The summed E-state index contributed by atoms with van der Waals surface area (Å²) in [5, 5.41) is 7.95. The minimum Gasteiger partial charge on any atom is -0.304 e. The Morgan fingerprint density at radius 2 is 2.11 bits per heavy atom. The minimum absolute atomic E-state index is 0.114. The molecule has 1 unspecified atom stereocenters. The van der Waals surface area contributed by atoms with E-state index < -0.39 is 0 Å². The molecule has 0 aliphatic carbocycles. The number of nitrogens with zero attached hydrogens (tertiary/aromatic N) is 3. The minimum atomic E-state index is 0.114. The van der Waals surface area contributed by atoms with Gasteiger partial charge >= 0.3 is 0 Å². The van der Waals surface area contributed by atoms with Gasteiger partial charge in [0, 0.05) is 18.9 Å². The molecule has 1 N–H and O–H groups in total. The summed E-state index contributed by atoms with van der Waals surface area (Å²) in [5.41, 5.74) is 3.48. The lowest BCUT2D eigenvalue weighted by molar-refractivity contribution is 0.520. The maximum atomic E-state index is 4.56.